The molecule has 0 aliphatic carbocycles. The van der Waals surface area contributed by atoms with E-state index in [2.05, 4.69) is 66.9 Å². The number of carbonyl (C=O) groups is 6. The summed E-state index contributed by atoms with van der Waals surface area (Å²) >= 11 is 0. The number of nitrogens with one attached hydrogen (secondary N) is 4. The van der Waals surface area contributed by atoms with E-state index < -0.39 is 70.6 Å². The van der Waals surface area contributed by atoms with Crippen molar-refractivity contribution in [2.75, 3.05) is 47.6 Å². The number of rotatable bonds is 43. The number of fused-ring (bicyclic) bond motifs is 1. The highest BCUT2D eigenvalue weighted by Crippen LogP contribution is 2.36. The van der Waals surface area contributed by atoms with Gasteiger partial charge in [0.15, 0.2) is 0 Å². The topological polar surface area (TPSA) is 314 Å². The maximum absolute atomic E-state index is 13.2. The first-order valence-electron chi connectivity index (χ1n) is 47.6. The number of pyridine rings is 8. The van der Waals surface area contributed by atoms with Crippen LogP contribution < -0.4 is 36.5 Å². The van der Waals surface area contributed by atoms with Crippen molar-refractivity contribution in [1.29, 1.82) is 0 Å². The first-order chi connectivity index (χ1) is 72.2. The number of anilines is 4. The maximum atomic E-state index is 13.2. The van der Waals surface area contributed by atoms with E-state index in [0.29, 0.717) is 137 Å². The normalized spacial score (nSPS) is 12.1. The van der Waals surface area contributed by atoms with E-state index in [0.717, 1.165) is 155 Å². The van der Waals surface area contributed by atoms with Crippen LogP contribution in [0.5, 0.6) is 11.5 Å². The van der Waals surface area contributed by atoms with Gasteiger partial charge >= 0.3 is 24.7 Å². The molecule has 1 aliphatic heterocycles. The van der Waals surface area contributed by atoms with Gasteiger partial charge in [-0.15, -0.1) is 0 Å². The molecule has 0 saturated carbocycles. The van der Waals surface area contributed by atoms with Crippen molar-refractivity contribution in [2.45, 2.75) is 129 Å². The summed E-state index contributed by atoms with van der Waals surface area (Å²) < 4.78 is 171. The SMILES string of the molecule is NCCCCOc1cc(CN(Cc2ccccn2)Cc2cccc(NC(=O)c3ccc(C(F)(F)F)cc3)n2)cc(CN(Cc2ccccn2)Cc2cccc(NC(=O)c3ccc(C(F)(F)F)cc3)n2)c1.O=C(Nc1cccc(CN(Cc2cc(CN(Cc3ccccn3)Cc3cccc(NC(=O)c4ccc(C(F)(F)F)cc4)n3)cc(OCCCCN3C(=O)c4ccccc4C3=O)c2)Cc2ccccn2)n1)c1ccc(C(F)(F)F)cc1. The summed E-state index contributed by atoms with van der Waals surface area (Å²) in [5.74, 6) is -1.10. The lowest BCUT2D eigenvalue weighted by Gasteiger charge is -2.25. The van der Waals surface area contributed by atoms with Crippen LogP contribution in [0.4, 0.5) is 76.0 Å². The molecule has 0 atom stereocenters. The molecule has 0 unspecified atom stereocenters. The number of nitrogens with zero attached hydrogens (tertiary/aromatic N) is 13. The number of halogens is 12. The molecule has 16 rings (SSSR count). The van der Waals surface area contributed by atoms with Crippen LogP contribution in [0.25, 0.3) is 0 Å². The zero-order valence-corrected chi connectivity index (χ0v) is 80.5. The molecular weight excluding hydrogens is 1950 g/mol. The molecule has 0 bridgehead atoms. The largest absolute Gasteiger partial charge is 0.494 e. The Hall–Kier alpha value is -16.7. The fourth-order valence-corrected chi connectivity index (χ4v) is 16.5. The van der Waals surface area contributed by atoms with Crippen molar-refractivity contribution in [1.82, 2.24) is 64.4 Å². The van der Waals surface area contributed by atoms with E-state index in [1.165, 1.54) is 4.90 Å². The molecule has 150 heavy (non-hydrogen) atoms. The Morgan fingerprint density at radius 2 is 0.520 bits per heavy atom. The zero-order chi connectivity index (χ0) is 106. The zero-order valence-electron chi connectivity index (χ0n) is 80.5. The fourth-order valence-electron chi connectivity index (χ4n) is 16.5. The number of ether oxygens (including phenoxy) is 2. The van der Waals surface area contributed by atoms with Crippen LogP contribution >= 0.6 is 0 Å². The van der Waals surface area contributed by atoms with Gasteiger partial charge in [-0.2, -0.15) is 52.7 Å². The molecule has 770 valence electrons. The van der Waals surface area contributed by atoms with Gasteiger partial charge in [-0.05, 0) is 285 Å². The number of unbranched alkanes of at least 4 members (excludes halogenated alkanes) is 2. The molecular formula is C112H100F12N18O8. The molecule has 7 aromatic carbocycles. The third-order valence-electron chi connectivity index (χ3n) is 23.5. The molecule has 0 saturated heterocycles. The second kappa shape index (κ2) is 50.6. The van der Waals surface area contributed by atoms with Crippen molar-refractivity contribution in [2.24, 2.45) is 5.73 Å². The van der Waals surface area contributed by atoms with Crippen LogP contribution in [0.15, 0.2) is 328 Å². The number of aromatic nitrogens is 8. The summed E-state index contributed by atoms with van der Waals surface area (Å²) in [6.45, 7) is 5.70. The van der Waals surface area contributed by atoms with Crippen LogP contribution in [0.1, 0.15) is 178 Å². The number of amides is 6. The Morgan fingerprint density at radius 3 is 0.760 bits per heavy atom. The van der Waals surface area contributed by atoms with Crippen LogP contribution in [-0.2, 0) is 103 Å². The Morgan fingerprint density at radius 1 is 0.280 bits per heavy atom. The highest BCUT2D eigenvalue weighted by atomic mass is 19.4. The van der Waals surface area contributed by atoms with E-state index >= 15 is 0 Å². The van der Waals surface area contributed by atoms with Gasteiger partial charge in [0.25, 0.3) is 35.4 Å². The third kappa shape index (κ3) is 31.9. The summed E-state index contributed by atoms with van der Waals surface area (Å²) in [7, 11) is 0. The lowest BCUT2D eigenvalue weighted by atomic mass is 10.1. The predicted octanol–water partition coefficient (Wildman–Crippen LogP) is 22.0. The average molecular weight is 2050 g/mol. The summed E-state index contributed by atoms with van der Waals surface area (Å²) in [6.07, 6.45) is -8.83. The molecule has 0 fully saturated rings. The van der Waals surface area contributed by atoms with Crippen molar-refractivity contribution < 1.29 is 90.9 Å². The standard InChI is InChI=1S/C60H51F6N9O5.C52H49F6N9O3/c61-59(62,63)44-23-19-42(20-24-44)55(76)71-53-17-9-13-48(69-53)38-73(36-46-11-3-5-27-67-46)34-40-31-41(33-50(32-40)80-30-8-7-29-75-57(78)51-15-1-2-16-52(51)58(75)79)35-74(37-47-12-4-6-28-68-47)39-49-14-10-18-54(70-49)72-56(77)43-21-25-45(26-22-43)60(64,65)66;53-51(54,55)40-19-15-38(16-20-40)49(68)64-47-13-7-11-44(62-47)34-66(32-42-9-1-4-24-60-42)30-36-27-37(29-46(28-36)70-26-6-3-23-59)31-67(33-43-10-2-5-25-61-43)35-45-12-8-14-48(63-45)65-50(69)39-17-21-41(22-18-39)52(56,57)58/h1-6,9-28,31-33H,7-8,29-30,34-39H2,(H,69,71,76)(H,70,72,77);1-2,4-5,7-22,24-25,27-29H,3,6,23,26,30-35,59H2,(H,62,64,68)(H,63,65,69). The third-order valence-corrected chi connectivity index (χ3v) is 23.5. The van der Waals surface area contributed by atoms with Crippen LogP contribution in [0.2, 0.25) is 0 Å². The minimum Gasteiger partial charge on any atom is -0.494 e. The monoisotopic (exact) mass is 2050 g/mol. The Kier molecular flexibility index (Phi) is 36.3. The maximum Gasteiger partial charge on any atom is 0.416 e. The Balaban J connectivity index is 0.000000226. The highest BCUT2D eigenvalue weighted by molar-refractivity contribution is 6.21. The molecule has 15 aromatic rings. The minimum atomic E-state index is -4.56. The first-order valence-corrected chi connectivity index (χ1v) is 47.6. The number of nitrogens with two attached hydrogens (primary N) is 1. The van der Waals surface area contributed by atoms with Crippen LogP contribution in [-0.4, -0.2) is 126 Å². The number of hydrogen-bond donors (Lipinski definition) is 5. The van der Waals surface area contributed by atoms with Gasteiger partial charge in [-0.25, -0.2) is 19.9 Å². The number of benzene rings is 7. The van der Waals surface area contributed by atoms with Gasteiger partial charge in [0.2, 0.25) is 0 Å². The van der Waals surface area contributed by atoms with E-state index in [4.69, 9.17) is 35.1 Å². The van der Waals surface area contributed by atoms with Crippen LogP contribution in [0.3, 0.4) is 0 Å². The predicted molar refractivity (Wildman–Crippen MR) is 536 cm³/mol. The molecule has 1 aliphatic rings. The van der Waals surface area contributed by atoms with Gasteiger partial charge in [0.05, 0.1) is 92.1 Å². The highest BCUT2D eigenvalue weighted by Gasteiger charge is 2.37. The van der Waals surface area contributed by atoms with Gasteiger partial charge in [0.1, 0.15) is 34.8 Å². The minimum absolute atomic E-state index is 0.0226. The van der Waals surface area contributed by atoms with Gasteiger partial charge in [-0.1, -0.05) is 72.8 Å². The first kappa shape index (κ1) is 108. The average Bonchev–Trinajstić information content (AvgIpc) is 1.63. The molecule has 6 N–H and O–H groups in total. The summed E-state index contributed by atoms with van der Waals surface area (Å²) in [4.78, 5) is 125. The van der Waals surface area contributed by atoms with E-state index in [1.54, 1.807) is 110 Å². The number of alkyl halides is 12. The lowest BCUT2D eigenvalue weighted by Crippen LogP contribution is -2.30. The molecule has 38 heteroatoms. The molecule has 9 heterocycles. The quantitative estimate of drug-likeness (QED) is 0.0135. The summed E-state index contributed by atoms with van der Waals surface area (Å²) in [5.41, 5.74) is 12.2. The van der Waals surface area contributed by atoms with Crippen molar-refractivity contribution in [3.05, 3.63) is 452 Å². The molecule has 0 radical (unpaired) electrons. The molecule has 8 aromatic heterocycles. The number of imide groups is 1. The van der Waals surface area contributed by atoms with Crippen molar-refractivity contribution >= 4 is 58.7 Å². The van der Waals surface area contributed by atoms with Crippen LogP contribution in [0, 0.1) is 0 Å². The fraction of sp³-hybridized carbons (Fsp3) is 0.214. The summed E-state index contributed by atoms with van der Waals surface area (Å²) in [6, 6.07) is 77.4. The van der Waals surface area contributed by atoms with Crippen molar-refractivity contribution in [3.63, 3.8) is 0 Å². The number of hydrogen-bond acceptors (Lipinski definition) is 21. The van der Waals surface area contributed by atoms with E-state index in [9.17, 15) is 81.5 Å². The van der Waals surface area contributed by atoms with Crippen molar-refractivity contribution in [3.8, 4) is 11.5 Å². The van der Waals surface area contributed by atoms with Gasteiger partial charge < -0.3 is 36.5 Å². The summed E-state index contributed by atoms with van der Waals surface area (Å²) in [5, 5.41) is 10.8. The number of carbonyl (C=O) groups excluding carboxylic acids is 6. The lowest BCUT2D eigenvalue weighted by molar-refractivity contribution is -0.138. The van der Waals surface area contributed by atoms with E-state index in [-0.39, 0.29) is 83.6 Å². The van der Waals surface area contributed by atoms with Gasteiger partial charge in [0, 0.05) is 132 Å². The second-order valence-corrected chi connectivity index (χ2v) is 35.2. The van der Waals surface area contributed by atoms with E-state index in [1.807, 2.05) is 115 Å². The Bertz CT molecular complexity index is 6700. The van der Waals surface area contributed by atoms with Gasteiger partial charge in [-0.3, -0.25) is 73.2 Å². The molecule has 6 amide bonds. The Labute approximate surface area is 854 Å². The molecule has 26 nitrogen and oxygen atoms in total. The smallest absolute Gasteiger partial charge is 0.416 e. The molecule has 0 spiro atoms. The second-order valence-electron chi connectivity index (χ2n) is 35.2.